The summed E-state index contributed by atoms with van der Waals surface area (Å²) in [5, 5.41) is 0. The molecule has 0 atom stereocenters. The highest BCUT2D eigenvalue weighted by Gasteiger charge is 2.32. The molecule has 1 aromatic carbocycles. The van der Waals surface area contributed by atoms with Gasteiger partial charge in [-0.25, -0.2) is 9.97 Å². The van der Waals surface area contributed by atoms with E-state index in [1.807, 2.05) is 6.92 Å². The van der Waals surface area contributed by atoms with Crippen LogP contribution in [-0.4, -0.2) is 40.0 Å². The number of aromatic nitrogens is 2. The molecule has 1 aliphatic rings. The predicted molar refractivity (Wildman–Crippen MR) is 87.8 cm³/mol. The highest BCUT2D eigenvalue weighted by molar-refractivity contribution is 5.94. The molecule has 2 aromatic rings. The number of amides is 1. The largest absolute Gasteiger partial charge is 0.460 e. The first-order valence-electron chi connectivity index (χ1n) is 8.25. The summed E-state index contributed by atoms with van der Waals surface area (Å²) in [5.74, 6) is -0.402. The molecule has 0 unspecified atom stereocenters. The third kappa shape index (κ3) is 4.30. The van der Waals surface area contributed by atoms with Crippen LogP contribution < -0.4 is 4.74 Å². The van der Waals surface area contributed by atoms with Gasteiger partial charge in [-0.15, -0.1) is 0 Å². The lowest BCUT2D eigenvalue weighted by molar-refractivity contribution is -0.137. The topological polar surface area (TPSA) is 55.3 Å². The molecule has 3 rings (SSSR count). The average Bonchev–Trinajstić information content (AvgIpc) is 2.63. The first kappa shape index (κ1) is 18.2. The van der Waals surface area contributed by atoms with Gasteiger partial charge in [-0.3, -0.25) is 4.79 Å². The molecule has 8 heteroatoms. The SMILES string of the molecule is Cc1cnc(OC2CCN(C(=O)c3cccc(C(F)(F)F)c3)CC2)nc1. The number of hydrogen-bond donors (Lipinski definition) is 0. The molecule has 1 fully saturated rings. The Morgan fingerprint density at radius 3 is 2.46 bits per heavy atom. The van der Waals surface area contributed by atoms with Crippen molar-refractivity contribution in [3.63, 3.8) is 0 Å². The first-order valence-corrected chi connectivity index (χ1v) is 8.25. The van der Waals surface area contributed by atoms with E-state index < -0.39 is 17.6 Å². The third-order valence-electron chi connectivity index (χ3n) is 4.20. The molecule has 1 amide bonds. The second kappa shape index (κ2) is 7.31. The summed E-state index contributed by atoms with van der Waals surface area (Å²) in [5.41, 5.74) is 0.151. The van der Waals surface area contributed by atoms with Crippen molar-refractivity contribution in [3.05, 3.63) is 53.3 Å². The summed E-state index contributed by atoms with van der Waals surface area (Å²) in [6, 6.07) is 4.79. The Hall–Kier alpha value is -2.64. The fourth-order valence-corrected chi connectivity index (χ4v) is 2.78. The number of halogens is 3. The number of nitrogens with zero attached hydrogens (tertiary/aromatic N) is 3. The number of ether oxygens (including phenoxy) is 1. The van der Waals surface area contributed by atoms with Crippen LogP contribution in [-0.2, 0) is 6.18 Å². The number of alkyl halides is 3. The van der Waals surface area contributed by atoms with Gasteiger partial charge in [0.25, 0.3) is 5.91 Å². The fraction of sp³-hybridized carbons (Fsp3) is 0.389. The minimum Gasteiger partial charge on any atom is -0.460 e. The zero-order valence-electron chi connectivity index (χ0n) is 14.2. The Morgan fingerprint density at radius 1 is 1.19 bits per heavy atom. The van der Waals surface area contributed by atoms with Crippen LogP contribution >= 0.6 is 0 Å². The van der Waals surface area contributed by atoms with Crippen LogP contribution in [0.15, 0.2) is 36.7 Å². The molecule has 0 spiro atoms. The molecule has 0 bridgehead atoms. The van der Waals surface area contributed by atoms with Crippen LogP contribution in [0.4, 0.5) is 13.2 Å². The summed E-state index contributed by atoms with van der Waals surface area (Å²) in [6.07, 6.45) is -0.124. The lowest BCUT2D eigenvalue weighted by Crippen LogP contribution is -2.42. The van der Waals surface area contributed by atoms with Gasteiger partial charge in [0.1, 0.15) is 6.10 Å². The van der Waals surface area contributed by atoms with Gasteiger partial charge in [-0.2, -0.15) is 13.2 Å². The quantitative estimate of drug-likeness (QED) is 0.836. The van der Waals surface area contributed by atoms with Crippen molar-refractivity contribution in [2.45, 2.75) is 32.0 Å². The summed E-state index contributed by atoms with van der Waals surface area (Å²) < 4.78 is 44.1. The molecule has 26 heavy (non-hydrogen) atoms. The van der Waals surface area contributed by atoms with E-state index in [9.17, 15) is 18.0 Å². The minimum absolute atomic E-state index is 0.0426. The normalized spacial score (nSPS) is 15.8. The van der Waals surface area contributed by atoms with E-state index in [1.165, 1.54) is 12.1 Å². The predicted octanol–water partition coefficient (Wildman–Crippen LogP) is 3.49. The van der Waals surface area contributed by atoms with E-state index in [1.54, 1.807) is 17.3 Å². The molecule has 5 nitrogen and oxygen atoms in total. The second-order valence-electron chi connectivity index (χ2n) is 6.23. The van der Waals surface area contributed by atoms with E-state index in [0.29, 0.717) is 31.9 Å². The molecule has 1 saturated heterocycles. The molecule has 0 aliphatic carbocycles. The number of carbonyl (C=O) groups excluding carboxylic acids is 1. The second-order valence-corrected chi connectivity index (χ2v) is 6.23. The Morgan fingerprint density at radius 2 is 1.85 bits per heavy atom. The lowest BCUT2D eigenvalue weighted by atomic mass is 10.0. The zero-order valence-corrected chi connectivity index (χ0v) is 14.2. The standard InChI is InChI=1S/C18H18F3N3O2/c1-12-10-22-17(23-11-12)26-15-5-7-24(8-6-15)16(25)13-3-2-4-14(9-13)18(19,20)21/h2-4,9-11,15H,5-8H2,1H3. The van der Waals surface area contributed by atoms with Gasteiger partial charge in [-0.05, 0) is 30.7 Å². The van der Waals surface area contributed by atoms with Crippen LogP contribution in [0, 0.1) is 6.92 Å². The molecule has 0 saturated carbocycles. The number of carbonyl (C=O) groups is 1. The van der Waals surface area contributed by atoms with Gasteiger partial charge < -0.3 is 9.64 Å². The van der Waals surface area contributed by atoms with E-state index >= 15 is 0 Å². The lowest BCUT2D eigenvalue weighted by Gasteiger charge is -2.31. The van der Waals surface area contributed by atoms with Crippen LogP contribution in [0.2, 0.25) is 0 Å². The maximum Gasteiger partial charge on any atom is 0.416 e. The summed E-state index contributed by atoms with van der Waals surface area (Å²) in [7, 11) is 0. The number of piperidine rings is 1. The van der Waals surface area contributed by atoms with E-state index in [2.05, 4.69) is 9.97 Å². The number of benzene rings is 1. The smallest absolute Gasteiger partial charge is 0.416 e. The highest BCUT2D eigenvalue weighted by Crippen LogP contribution is 2.30. The Balaban J connectivity index is 1.59. The summed E-state index contributed by atoms with van der Waals surface area (Å²) >= 11 is 0. The molecule has 0 N–H and O–H groups in total. The van der Waals surface area contributed by atoms with Crippen molar-refractivity contribution in [2.24, 2.45) is 0 Å². The number of aryl methyl sites for hydroxylation is 1. The first-order chi connectivity index (χ1) is 12.3. The maximum atomic E-state index is 12.8. The molecule has 2 heterocycles. The van der Waals surface area contributed by atoms with Crippen LogP contribution in [0.3, 0.4) is 0 Å². The molecule has 0 radical (unpaired) electrons. The van der Waals surface area contributed by atoms with Crippen LogP contribution in [0.5, 0.6) is 6.01 Å². The van der Waals surface area contributed by atoms with Crippen molar-refractivity contribution in [1.82, 2.24) is 14.9 Å². The Labute approximate surface area is 148 Å². The van der Waals surface area contributed by atoms with Crippen molar-refractivity contribution < 1.29 is 22.7 Å². The van der Waals surface area contributed by atoms with Gasteiger partial charge >= 0.3 is 12.2 Å². The molecule has 138 valence electrons. The van der Waals surface area contributed by atoms with Crippen LogP contribution in [0.1, 0.15) is 34.3 Å². The summed E-state index contributed by atoms with van der Waals surface area (Å²) in [4.78, 5) is 22.2. The number of hydrogen-bond acceptors (Lipinski definition) is 4. The van der Waals surface area contributed by atoms with Crippen LogP contribution in [0.25, 0.3) is 0 Å². The molecule has 1 aliphatic heterocycles. The van der Waals surface area contributed by atoms with E-state index in [-0.39, 0.29) is 11.7 Å². The molecule has 1 aromatic heterocycles. The maximum absolute atomic E-state index is 12.8. The monoisotopic (exact) mass is 365 g/mol. The van der Waals surface area contributed by atoms with E-state index in [0.717, 1.165) is 17.7 Å². The fourth-order valence-electron chi connectivity index (χ4n) is 2.78. The Bertz CT molecular complexity index is 770. The minimum atomic E-state index is -4.47. The van der Waals surface area contributed by atoms with Crippen molar-refractivity contribution >= 4 is 5.91 Å². The van der Waals surface area contributed by atoms with E-state index in [4.69, 9.17) is 4.74 Å². The zero-order chi connectivity index (χ0) is 18.7. The number of rotatable bonds is 3. The highest BCUT2D eigenvalue weighted by atomic mass is 19.4. The number of likely N-dealkylation sites (tertiary alicyclic amines) is 1. The van der Waals surface area contributed by atoms with Crippen molar-refractivity contribution in [2.75, 3.05) is 13.1 Å². The average molecular weight is 365 g/mol. The van der Waals surface area contributed by atoms with Gasteiger partial charge in [0.2, 0.25) is 0 Å². The van der Waals surface area contributed by atoms with Crippen molar-refractivity contribution in [1.29, 1.82) is 0 Å². The molecular formula is C18H18F3N3O2. The van der Waals surface area contributed by atoms with Gasteiger partial charge in [-0.1, -0.05) is 6.07 Å². The molecular weight excluding hydrogens is 347 g/mol. The van der Waals surface area contributed by atoms with Gasteiger partial charge in [0.05, 0.1) is 5.56 Å². The van der Waals surface area contributed by atoms with Gasteiger partial charge in [0, 0.05) is 43.9 Å². The third-order valence-corrected chi connectivity index (χ3v) is 4.20. The Kier molecular flexibility index (Phi) is 5.11. The van der Waals surface area contributed by atoms with Crippen molar-refractivity contribution in [3.8, 4) is 6.01 Å². The van der Waals surface area contributed by atoms with Gasteiger partial charge in [0.15, 0.2) is 0 Å². The summed E-state index contributed by atoms with van der Waals surface area (Å²) in [6.45, 7) is 2.69.